The highest BCUT2D eigenvalue weighted by Crippen LogP contribution is 2.27. The number of halogens is 1. The van der Waals surface area contributed by atoms with E-state index in [1.807, 2.05) is 24.1 Å². The average Bonchev–Trinajstić information content (AvgIpc) is 2.46. The smallest absolute Gasteiger partial charge is 0.253 e. The van der Waals surface area contributed by atoms with Gasteiger partial charge in [-0.1, -0.05) is 0 Å². The molecule has 1 aromatic rings. The second-order valence-corrected chi connectivity index (χ2v) is 6.19. The summed E-state index contributed by atoms with van der Waals surface area (Å²) in [6.07, 6.45) is 3.96. The highest BCUT2D eigenvalue weighted by molar-refractivity contribution is 9.10. The molecule has 0 radical (unpaired) electrons. The minimum Gasteiger partial charge on any atom is -0.496 e. The predicted octanol–water partition coefficient (Wildman–Crippen LogP) is 2.80. The molecule has 0 heterocycles. The minimum absolute atomic E-state index is 0.0498. The van der Waals surface area contributed by atoms with Gasteiger partial charge in [-0.2, -0.15) is 0 Å². The molecule has 2 N–H and O–H groups in total. The molecule has 1 aliphatic carbocycles. The lowest BCUT2D eigenvalue weighted by atomic mass is 9.90. The van der Waals surface area contributed by atoms with Crippen LogP contribution in [0.1, 0.15) is 36.0 Å². The van der Waals surface area contributed by atoms with Gasteiger partial charge in [-0.05, 0) is 59.8 Å². The number of rotatable bonds is 3. The van der Waals surface area contributed by atoms with Crippen LogP contribution in [-0.2, 0) is 0 Å². The first-order valence-corrected chi connectivity index (χ1v) is 7.68. The van der Waals surface area contributed by atoms with Crippen LogP contribution in [-0.4, -0.2) is 37.0 Å². The van der Waals surface area contributed by atoms with Crippen molar-refractivity contribution in [1.29, 1.82) is 0 Å². The summed E-state index contributed by atoms with van der Waals surface area (Å²) in [4.78, 5) is 14.4. The largest absolute Gasteiger partial charge is 0.496 e. The van der Waals surface area contributed by atoms with Crippen LogP contribution in [0, 0.1) is 0 Å². The lowest BCUT2D eigenvalue weighted by Gasteiger charge is -2.33. The number of hydrogen-bond donors (Lipinski definition) is 1. The second-order valence-electron chi connectivity index (χ2n) is 5.33. The molecule has 0 aliphatic heterocycles. The molecular formula is C15H21BrN2O2. The Hall–Kier alpha value is -1.07. The summed E-state index contributed by atoms with van der Waals surface area (Å²) in [5.74, 6) is 0.779. The van der Waals surface area contributed by atoms with Crippen LogP contribution in [0.25, 0.3) is 0 Å². The predicted molar refractivity (Wildman–Crippen MR) is 83.0 cm³/mol. The molecule has 0 atom stereocenters. The highest BCUT2D eigenvalue weighted by Gasteiger charge is 2.25. The summed E-state index contributed by atoms with van der Waals surface area (Å²) in [6.45, 7) is 0. The molecule has 1 amide bonds. The first-order valence-electron chi connectivity index (χ1n) is 6.89. The molecular weight excluding hydrogens is 320 g/mol. The maximum atomic E-state index is 12.5. The molecule has 0 saturated heterocycles. The Morgan fingerprint density at radius 3 is 2.55 bits per heavy atom. The van der Waals surface area contributed by atoms with E-state index in [1.54, 1.807) is 13.2 Å². The quantitative estimate of drug-likeness (QED) is 0.920. The van der Waals surface area contributed by atoms with Crippen LogP contribution in [0.3, 0.4) is 0 Å². The molecule has 1 aliphatic rings. The van der Waals surface area contributed by atoms with E-state index < -0.39 is 0 Å². The lowest BCUT2D eigenvalue weighted by molar-refractivity contribution is 0.0690. The van der Waals surface area contributed by atoms with Gasteiger partial charge in [0.25, 0.3) is 5.91 Å². The first-order chi connectivity index (χ1) is 9.52. The van der Waals surface area contributed by atoms with Crippen molar-refractivity contribution in [2.45, 2.75) is 37.8 Å². The fraction of sp³-hybridized carbons (Fsp3) is 0.533. The van der Waals surface area contributed by atoms with Gasteiger partial charge < -0.3 is 15.4 Å². The van der Waals surface area contributed by atoms with Gasteiger partial charge in [-0.3, -0.25) is 4.79 Å². The Labute approximate surface area is 128 Å². The first kappa shape index (κ1) is 15.3. The average molecular weight is 341 g/mol. The second kappa shape index (κ2) is 6.59. The molecule has 110 valence electrons. The normalized spacial score (nSPS) is 22.4. The van der Waals surface area contributed by atoms with Crippen LogP contribution in [0.2, 0.25) is 0 Å². The zero-order chi connectivity index (χ0) is 14.7. The Balaban J connectivity index is 2.08. The molecule has 4 nitrogen and oxygen atoms in total. The van der Waals surface area contributed by atoms with Crippen molar-refractivity contribution in [3.05, 3.63) is 28.2 Å². The van der Waals surface area contributed by atoms with E-state index in [2.05, 4.69) is 15.9 Å². The van der Waals surface area contributed by atoms with Gasteiger partial charge in [0, 0.05) is 24.7 Å². The van der Waals surface area contributed by atoms with E-state index in [1.165, 1.54) is 0 Å². The molecule has 5 heteroatoms. The van der Waals surface area contributed by atoms with Crippen molar-refractivity contribution < 1.29 is 9.53 Å². The maximum absolute atomic E-state index is 12.5. The number of nitrogens with two attached hydrogens (primary N) is 1. The van der Waals surface area contributed by atoms with Crippen LogP contribution in [0.15, 0.2) is 22.7 Å². The van der Waals surface area contributed by atoms with E-state index in [-0.39, 0.29) is 5.91 Å². The van der Waals surface area contributed by atoms with E-state index in [0.717, 1.165) is 35.9 Å². The molecule has 0 unspecified atom stereocenters. The zero-order valence-corrected chi connectivity index (χ0v) is 13.5. The number of methoxy groups -OCH3 is 1. The maximum Gasteiger partial charge on any atom is 0.253 e. The summed E-state index contributed by atoms with van der Waals surface area (Å²) in [7, 11) is 3.49. The standard InChI is InChI=1S/C15H21BrN2O2/c1-18(12-6-4-11(17)5-7-12)15(19)10-3-8-14(20-2)13(16)9-10/h3,8-9,11-12H,4-7,17H2,1-2H3. The number of carbonyl (C=O) groups is 1. The van der Waals surface area contributed by atoms with E-state index in [9.17, 15) is 4.79 Å². The van der Waals surface area contributed by atoms with Crippen molar-refractivity contribution >= 4 is 21.8 Å². The zero-order valence-electron chi connectivity index (χ0n) is 11.9. The number of benzene rings is 1. The Kier molecular flexibility index (Phi) is 5.05. The third kappa shape index (κ3) is 3.33. The topological polar surface area (TPSA) is 55.6 Å². The van der Waals surface area contributed by atoms with Gasteiger partial charge in [0.05, 0.1) is 11.6 Å². The third-order valence-electron chi connectivity index (χ3n) is 4.01. The molecule has 2 rings (SSSR count). The van der Waals surface area contributed by atoms with E-state index in [4.69, 9.17) is 10.5 Å². The monoisotopic (exact) mass is 340 g/mol. The van der Waals surface area contributed by atoms with Crippen molar-refractivity contribution in [3.8, 4) is 5.75 Å². The summed E-state index contributed by atoms with van der Waals surface area (Å²) in [6, 6.07) is 6.01. The SMILES string of the molecule is COc1ccc(C(=O)N(C)C2CCC(N)CC2)cc1Br. The Morgan fingerprint density at radius 2 is 2.00 bits per heavy atom. The molecule has 1 aromatic carbocycles. The summed E-state index contributed by atoms with van der Waals surface area (Å²) >= 11 is 3.42. The molecule has 20 heavy (non-hydrogen) atoms. The van der Waals surface area contributed by atoms with Crippen molar-refractivity contribution in [3.63, 3.8) is 0 Å². The lowest BCUT2D eigenvalue weighted by Crippen LogP contribution is -2.41. The summed E-state index contributed by atoms with van der Waals surface area (Å²) in [5.41, 5.74) is 6.59. The van der Waals surface area contributed by atoms with Crippen molar-refractivity contribution in [1.82, 2.24) is 4.90 Å². The van der Waals surface area contributed by atoms with Crippen LogP contribution in [0.4, 0.5) is 0 Å². The molecule has 1 fully saturated rings. The van der Waals surface area contributed by atoms with Crippen molar-refractivity contribution in [2.24, 2.45) is 5.73 Å². The van der Waals surface area contributed by atoms with Gasteiger partial charge in [0.15, 0.2) is 0 Å². The Bertz CT molecular complexity index is 485. The van der Waals surface area contributed by atoms with Gasteiger partial charge >= 0.3 is 0 Å². The summed E-state index contributed by atoms with van der Waals surface area (Å²) < 4.78 is 5.98. The fourth-order valence-electron chi connectivity index (χ4n) is 2.66. The number of amides is 1. The fourth-order valence-corrected chi connectivity index (χ4v) is 3.20. The van der Waals surface area contributed by atoms with Crippen LogP contribution >= 0.6 is 15.9 Å². The molecule has 0 aromatic heterocycles. The number of carbonyl (C=O) groups excluding carboxylic acids is 1. The van der Waals surface area contributed by atoms with E-state index >= 15 is 0 Å². The minimum atomic E-state index is 0.0498. The number of hydrogen-bond acceptors (Lipinski definition) is 3. The number of nitrogens with zero attached hydrogens (tertiary/aromatic N) is 1. The van der Waals surface area contributed by atoms with Crippen molar-refractivity contribution in [2.75, 3.05) is 14.2 Å². The van der Waals surface area contributed by atoms with Gasteiger partial charge in [0.1, 0.15) is 5.75 Å². The third-order valence-corrected chi connectivity index (χ3v) is 4.63. The summed E-state index contributed by atoms with van der Waals surface area (Å²) in [5, 5.41) is 0. The van der Waals surface area contributed by atoms with Crippen LogP contribution < -0.4 is 10.5 Å². The molecule has 1 saturated carbocycles. The van der Waals surface area contributed by atoms with Gasteiger partial charge in [-0.25, -0.2) is 0 Å². The Morgan fingerprint density at radius 1 is 1.35 bits per heavy atom. The van der Waals surface area contributed by atoms with Gasteiger partial charge in [-0.15, -0.1) is 0 Å². The van der Waals surface area contributed by atoms with E-state index in [0.29, 0.717) is 17.6 Å². The molecule has 0 spiro atoms. The highest BCUT2D eigenvalue weighted by atomic mass is 79.9. The van der Waals surface area contributed by atoms with Gasteiger partial charge in [0.2, 0.25) is 0 Å². The molecule has 0 bridgehead atoms. The number of ether oxygens (including phenoxy) is 1. The van der Waals surface area contributed by atoms with Crippen LogP contribution in [0.5, 0.6) is 5.75 Å².